The lowest BCUT2D eigenvalue weighted by Crippen LogP contribution is -2.22. The standard InChI is InChI=1S/C15H16N4O/c1-10-11(9-19(2)18-10)7-17-15(20)13-8-16-14-6-4-3-5-12(13)14/h3-6,8-9,16H,7H2,1-2H3,(H,17,20). The fourth-order valence-electron chi connectivity index (χ4n) is 2.35. The van der Waals surface area contributed by atoms with Crippen LogP contribution in [0.2, 0.25) is 0 Å². The van der Waals surface area contributed by atoms with Crippen molar-refractivity contribution in [3.8, 4) is 0 Å². The molecule has 0 aliphatic heterocycles. The van der Waals surface area contributed by atoms with Crippen LogP contribution < -0.4 is 5.32 Å². The van der Waals surface area contributed by atoms with Gasteiger partial charge in [0, 0.05) is 42.5 Å². The molecule has 0 radical (unpaired) electrons. The Morgan fingerprint density at radius 2 is 2.20 bits per heavy atom. The fourth-order valence-corrected chi connectivity index (χ4v) is 2.35. The van der Waals surface area contributed by atoms with Gasteiger partial charge in [-0.3, -0.25) is 9.48 Å². The predicted molar refractivity (Wildman–Crippen MR) is 77.4 cm³/mol. The number of carbonyl (C=O) groups is 1. The summed E-state index contributed by atoms with van der Waals surface area (Å²) in [6, 6.07) is 7.77. The fraction of sp³-hybridized carbons (Fsp3) is 0.200. The molecule has 0 aliphatic carbocycles. The van der Waals surface area contributed by atoms with Crippen molar-refractivity contribution in [2.45, 2.75) is 13.5 Å². The van der Waals surface area contributed by atoms with Gasteiger partial charge in [-0.05, 0) is 13.0 Å². The lowest BCUT2D eigenvalue weighted by atomic mass is 10.1. The maximum absolute atomic E-state index is 12.3. The molecule has 0 aliphatic rings. The molecule has 5 heteroatoms. The summed E-state index contributed by atoms with van der Waals surface area (Å²) in [6.07, 6.45) is 3.67. The lowest BCUT2D eigenvalue weighted by molar-refractivity contribution is 0.0952. The molecule has 5 nitrogen and oxygen atoms in total. The van der Waals surface area contributed by atoms with E-state index in [4.69, 9.17) is 0 Å². The van der Waals surface area contributed by atoms with Gasteiger partial charge in [-0.25, -0.2) is 0 Å². The highest BCUT2D eigenvalue weighted by Gasteiger charge is 2.12. The first kappa shape index (κ1) is 12.5. The predicted octanol–water partition coefficient (Wildman–Crippen LogP) is 2.14. The molecule has 102 valence electrons. The van der Waals surface area contributed by atoms with Crippen molar-refractivity contribution in [2.75, 3.05) is 0 Å². The Morgan fingerprint density at radius 1 is 1.40 bits per heavy atom. The number of fused-ring (bicyclic) bond motifs is 1. The lowest BCUT2D eigenvalue weighted by Gasteiger charge is -2.03. The normalized spacial score (nSPS) is 10.9. The highest BCUT2D eigenvalue weighted by Crippen LogP contribution is 2.17. The number of H-pyrrole nitrogens is 1. The van der Waals surface area contributed by atoms with Crippen LogP contribution in [0.3, 0.4) is 0 Å². The monoisotopic (exact) mass is 268 g/mol. The highest BCUT2D eigenvalue weighted by molar-refractivity contribution is 6.06. The molecular weight excluding hydrogens is 252 g/mol. The number of hydrogen-bond acceptors (Lipinski definition) is 2. The van der Waals surface area contributed by atoms with Crippen molar-refractivity contribution in [1.29, 1.82) is 0 Å². The van der Waals surface area contributed by atoms with Gasteiger partial charge in [0.05, 0.1) is 11.3 Å². The maximum atomic E-state index is 12.3. The molecular formula is C15H16N4O. The van der Waals surface area contributed by atoms with Crippen molar-refractivity contribution < 1.29 is 4.79 Å². The second kappa shape index (κ2) is 4.85. The first-order chi connectivity index (χ1) is 9.65. The van der Waals surface area contributed by atoms with Crippen LogP contribution in [0, 0.1) is 6.92 Å². The van der Waals surface area contributed by atoms with Gasteiger partial charge in [0.25, 0.3) is 5.91 Å². The summed E-state index contributed by atoms with van der Waals surface area (Å²) in [6.45, 7) is 2.42. The van der Waals surface area contributed by atoms with E-state index in [1.54, 1.807) is 10.9 Å². The van der Waals surface area contributed by atoms with Crippen molar-refractivity contribution in [3.63, 3.8) is 0 Å². The van der Waals surface area contributed by atoms with Gasteiger partial charge in [0.1, 0.15) is 0 Å². The Labute approximate surface area is 116 Å². The number of hydrogen-bond donors (Lipinski definition) is 2. The molecule has 20 heavy (non-hydrogen) atoms. The van der Waals surface area contributed by atoms with Gasteiger partial charge >= 0.3 is 0 Å². The van der Waals surface area contributed by atoms with Crippen LogP contribution in [0.15, 0.2) is 36.7 Å². The number of nitrogens with one attached hydrogen (secondary N) is 2. The van der Waals surface area contributed by atoms with E-state index in [1.165, 1.54) is 0 Å². The van der Waals surface area contributed by atoms with Gasteiger partial charge in [-0.15, -0.1) is 0 Å². The quantitative estimate of drug-likeness (QED) is 0.764. The molecule has 0 bridgehead atoms. The minimum Gasteiger partial charge on any atom is -0.360 e. The van der Waals surface area contributed by atoms with Crippen LogP contribution in [0.5, 0.6) is 0 Å². The Morgan fingerprint density at radius 3 is 2.95 bits per heavy atom. The molecule has 0 atom stereocenters. The Bertz CT molecular complexity index is 769. The SMILES string of the molecule is Cc1nn(C)cc1CNC(=O)c1c[nH]c2ccccc12. The van der Waals surface area contributed by atoms with Crippen LogP contribution in [0.4, 0.5) is 0 Å². The number of carbonyl (C=O) groups excluding carboxylic acids is 1. The van der Waals surface area contributed by atoms with E-state index in [-0.39, 0.29) is 5.91 Å². The highest BCUT2D eigenvalue weighted by atomic mass is 16.1. The molecule has 2 heterocycles. The number of benzene rings is 1. The van der Waals surface area contributed by atoms with Crippen molar-refractivity contribution in [1.82, 2.24) is 20.1 Å². The third-order valence-corrected chi connectivity index (χ3v) is 3.39. The summed E-state index contributed by atoms with van der Waals surface area (Å²) in [5.41, 5.74) is 3.60. The summed E-state index contributed by atoms with van der Waals surface area (Å²) in [4.78, 5) is 15.4. The number of nitrogens with zero attached hydrogens (tertiary/aromatic N) is 2. The molecule has 3 aromatic rings. The maximum Gasteiger partial charge on any atom is 0.253 e. The zero-order valence-electron chi connectivity index (χ0n) is 11.5. The van der Waals surface area contributed by atoms with E-state index in [0.29, 0.717) is 12.1 Å². The molecule has 0 fully saturated rings. The van der Waals surface area contributed by atoms with E-state index in [1.807, 2.05) is 44.4 Å². The van der Waals surface area contributed by atoms with Gasteiger partial charge in [0.15, 0.2) is 0 Å². The first-order valence-electron chi connectivity index (χ1n) is 6.48. The van der Waals surface area contributed by atoms with E-state index < -0.39 is 0 Å². The van der Waals surface area contributed by atoms with Gasteiger partial charge in [-0.2, -0.15) is 5.10 Å². The third-order valence-electron chi connectivity index (χ3n) is 3.39. The van der Waals surface area contributed by atoms with Gasteiger partial charge in [0.2, 0.25) is 0 Å². The van der Waals surface area contributed by atoms with Crippen LogP contribution in [0.25, 0.3) is 10.9 Å². The smallest absolute Gasteiger partial charge is 0.253 e. The molecule has 1 aromatic carbocycles. The second-order valence-electron chi connectivity index (χ2n) is 4.84. The first-order valence-corrected chi connectivity index (χ1v) is 6.48. The summed E-state index contributed by atoms with van der Waals surface area (Å²) >= 11 is 0. The van der Waals surface area contributed by atoms with Crippen molar-refractivity contribution >= 4 is 16.8 Å². The number of rotatable bonds is 3. The minimum absolute atomic E-state index is 0.0781. The number of aromatic nitrogens is 3. The molecule has 0 unspecified atom stereocenters. The van der Waals surface area contributed by atoms with Crippen LogP contribution in [0.1, 0.15) is 21.6 Å². The molecule has 1 amide bonds. The molecule has 2 N–H and O–H groups in total. The Kier molecular flexibility index (Phi) is 3.02. The van der Waals surface area contributed by atoms with E-state index in [0.717, 1.165) is 22.2 Å². The van der Waals surface area contributed by atoms with E-state index in [2.05, 4.69) is 15.4 Å². The number of amides is 1. The minimum atomic E-state index is -0.0781. The molecule has 3 rings (SSSR count). The molecule has 2 aromatic heterocycles. The zero-order valence-corrected chi connectivity index (χ0v) is 11.5. The van der Waals surface area contributed by atoms with E-state index in [9.17, 15) is 4.79 Å². The zero-order chi connectivity index (χ0) is 14.1. The number of para-hydroxylation sites is 1. The van der Waals surface area contributed by atoms with E-state index >= 15 is 0 Å². The van der Waals surface area contributed by atoms with Crippen LogP contribution in [-0.2, 0) is 13.6 Å². The number of aromatic amines is 1. The number of aryl methyl sites for hydroxylation is 2. The Hall–Kier alpha value is -2.56. The van der Waals surface area contributed by atoms with Crippen molar-refractivity contribution in [3.05, 3.63) is 53.5 Å². The second-order valence-corrected chi connectivity index (χ2v) is 4.84. The van der Waals surface area contributed by atoms with Gasteiger partial charge < -0.3 is 10.3 Å². The summed E-state index contributed by atoms with van der Waals surface area (Å²) < 4.78 is 1.75. The van der Waals surface area contributed by atoms with Gasteiger partial charge in [-0.1, -0.05) is 18.2 Å². The molecule has 0 saturated carbocycles. The molecule has 0 saturated heterocycles. The summed E-state index contributed by atoms with van der Waals surface area (Å²) in [5.74, 6) is -0.0781. The summed E-state index contributed by atoms with van der Waals surface area (Å²) in [5, 5.41) is 8.13. The largest absolute Gasteiger partial charge is 0.360 e. The molecule has 0 spiro atoms. The third kappa shape index (κ3) is 2.18. The average molecular weight is 268 g/mol. The van der Waals surface area contributed by atoms with Crippen LogP contribution >= 0.6 is 0 Å². The average Bonchev–Trinajstić information content (AvgIpc) is 2.99. The topological polar surface area (TPSA) is 62.7 Å². The summed E-state index contributed by atoms with van der Waals surface area (Å²) in [7, 11) is 1.87. The van der Waals surface area contributed by atoms with Crippen molar-refractivity contribution in [2.24, 2.45) is 7.05 Å². The Balaban J connectivity index is 1.78. The van der Waals surface area contributed by atoms with Crippen LogP contribution in [-0.4, -0.2) is 20.7 Å².